The van der Waals surface area contributed by atoms with E-state index in [1.165, 1.54) is 17.2 Å². The lowest BCUT2D eigenvalue weighted by molar-refractivity contribution is 0.102. The summed E-state index contributed by atoms with van der Waals surface area (Å²) < 4.78 is 13.3. The number of hydrogen-bond donors (Lipinski definition) is 2. The van der Waals surface area contributed by atoms with Crippen molar-refractivity contribution in [1.82, 2.24) is 4.98 Å². The molecule has 0 saturated carbocycles. The van der Waals surface area contributed by atoms with E-state index in [-0.39, 0.29) is 11.5 Å². The third-order valence-electron chi connectivity index (χ3n) is 3.69. The van der Waals surface area contributed by atoms with E-state index in [1.807, 2.05) is 18.2 Å². The first-order valence-corrected chi connectivity index (χ1v) is 6.94. The number of anilines is 2. The quantitative estimate of drug-likeness (QED) is 0.911. The molecule has 0 aliphatic heterocycles. The number of aromatic nitrogens is 1. The van der Waals surface area contributed by atoms with E-state index in [2.05, 4.69) is 15.6 Å². The number of fused-ring (bicyclic) bond motifs is 1. The Hall–Kier alpha value is -2.43. The van der Waals surface area contributed by atoms with Crippen LogP contribution in [0.25, 0.3) is 0 Å². The maximum Gasteiger partial charge on any atom is 0.259 e. The molecule has 0 unspecified atom stereocenters. The van der Waals surface area contributed by atoms with Gasteiger partial charge in [0, 0.05) is 12.7 Å². The van der Waals surface area contributed by atoms with Gasteiger partial charge in [0.25, 0.3) is 5.91 Å². The Labute approximate surface area is 122 Å². The minimum atomic E-state index is -0.534. The number of rotatable bonds is 3. The zero-order chi connectivity index (χ0) is 14.8. The second-order valence-corrected chi connectivity index (χ2v) is 5.09. The molecule has 0 bridgehead atoms. The van der Waals surface area contributed by atoms with E-state index in [0.29, 0.717) is 5.82 Å². The molecule has 21 heavy (non-hydrogen) atoms. The van der Waals surface area contributed by atoms with Gasteiger partial charge in [0.15, 0.2) is 0 Å². The van der Waals surface area contributed by atoms with Crippen LogP contribution in [0.15, 0.2) is 30.5 Å². The smallest absolute Gasteiger partial charge is 0.259 e. The van der Waals surface area contributed by atoms with Crippen molar-refractivity contribution in [3.8, 4) is 0 Å². The topological polar surface area (TPSA) is 54.0 Å². The Morgan fingerprint density at radius 3 is 2.86 bits per heavy atom. The first kappa shape index (κ1) is 13.5. The van der Waals surface area contributed by atoms with Gasteiger partial charge in [0.2, 0.25) is 0 Å². The summed E-state index contributed by atoms with van der Waals surface area (Å²) in [6.07, 6.45) is 4.38. The first-order valence-electron chi connectivity index (χ1n) is 6.94. The molecule has 108 valence electrons. The minimum Gasteiger partial charge on any atom is -0.372 e. The molecule has 1 aromatic heterocycles. The van der Waals surface area contributed by atoms with Gasteiger partial charge in [0.05, 0.1) is 11.8 Å². The van der Waals surface area contributed by atoms with Crippen LogP contribution in [0.5, 0.6) is 0 Å². The molecular weight excluding hydrogens is 269 g/mol. The maximum absolute atomic E-state index is 13.3. The van der Waals surface area contributed by atoms with Gasteiger partial charge in [-0.05, 0) is 48.6 Å². The Morgan fingerprint density at radius 2 is 2.05 bits per heavy atom. The molecule has 1 aliphatic carbocycles. The van der Waals surface area contributed by atoms with Crippen LogP contribution in [0.1, 0.15) is 27.9 Å². The zero-order valence-electron chi connectivity index (χ0n) is 11.7. The zero-order valence-corrected chi connectivity index (χ0v) is 11.7. The van der Waals surface area contributed by atoms with Gasteiger partial charge in [-0.3, -0.25) is 4.79 Å². The Bertz CT molecular complexity index is 700. The van der Waals surface area contributed by atoms with Crippen LogP contribution in [0, 0.1) is 5.82 Å². The number of halogens is 1. The van der Waals surface area contributed by atoms with Crippen molar-refractivity contribution in [1.29, 1.82) is 0 Å². The summed E-state index contributed by atoms with van der Waals surface area (Å²) in [6, 6.07) is 7.10. The van der Waals surface area contributed by atoms with E-state index in [1.54, 1.807) is 7.05 Å². The highest BCUT2D eigenvalue weighted by atomic mass is 19.1. The fourth-order valence-electron chi connectivity index (χ4n) is 2.66. The number of carbonyl (C=O) groups excluding carboxylic acids is 1. The molecule has 2 aromatic rings. The highest BCUT2D eigenvalue weighted by Crippen LogP contribution is 2.25. The first-order chi connectivity index (χ1) is 10.2. The van der Waals surface area contributed by atoms with E-state index in [0.717, 1.165) is 31.1 Å². The Balaban J connectivity index is 1.85. The van der Waals surface area contributed by atoms with Crippen molar-refractivity contribution >= 4 is 17.4 Å². The van der Waals surface area contributed by atoms with Crippen molar-refractivity contribution in [2.24, 2.45) is 0 Å². The summed E-state index contributed by atoms with van der Waals surface area (Å²) >= 11 is 0. The predicted octanol–water partition coefficient (Wildman–Crippen LogP) is 3.00. The molecule has 0 fully saturated rings. The van der Waals surface area contributed by atoms with Gasteiger partial charge in [-0.25, -0.2) is 9.37 Å². The second-order valence-electron chi connectivity index (χ2n) is 5.09. The van der Waals surface area contributed by atoms with E-state index in [4.69, 9.17) is 0 Å². The molecular formula is C16H16FN3O. The lowest BCUT2D eigenvalue weighted by Gasteiger charge is -2.10. The Morgan fingerprint density at radius 1 is 1.24 bits per heavy atom. The SMILES string of the molecule is CNc1ncc(F)cc1C(=O)Nc1ccc2c(c1)CCC2. The average molecular weight is 285 g/mol. The van der Waals surface area contributed by atoms with Crippen LogP contribution in [0.4, 0.5) is 15.9 Å². The lowest BCUT2D eigenvalue weighted by atomic mass is 10.1. The second kappa shape index (κ2) is 5.52. The van der Waals surface area contributed by atoms with Gasteiger partial charge >= 0.3 is 0 Å². The van der Waals surface area contributed by atoms with Gasteiger partial charge in [-0.2, -0.15) is 0 Å². The number of benzene rings is 1. The van der Waals surface area contributed by atoms with E-state index < -0.39 is 5.82 Å². The average Bonchev–Trinajstić information content (AvgIpc) is 2.94. The van der Waals surface area contributed by atoms with Crippen LogP contribution in [-0.2, 0) is 12.8 Å². The molecule has 0 spiro atoms. The number of carbonyl (C=O) groups is 1. The molecule has 4 nitrogen and oxygen atoms in total. The monoisotopic (exact) mass is 285 g/mol. The largest absolute Gasteiger partial charge is 0.372 e. The molecule has 3 rings (SSSR count). The number of amides is 1. The summed E-state index contributed by atoms with van der Waals surface area (Å²) in [7, 11) is 1.65. The normalized spacial score (nSPS) is 12.9. The lowest BCUT2D eigenvalue weighted by Crippen LogP contribution is -2.15. The summed E-state index contributed by atoms with van der Waals surface area (Å²) in [5, 5.41) is 5.60. The number of nitrogens with zero attached hydrogens (tertiary/aromatic N) is 1. The van der Waals surface area contributed by atoms with Crippen molar-refractivity contribution in [3.05, 3.63) is 53.0 Å². The minimum absolute atomic E-state index is 0.193. The molecule has 2 N–H and O–H groups in total. The van der Waals surface area contributed by atoms with Gasteiger partial charge < -0.3 is 10.6 Å². The van der Waals surface area contributed by atoms with E-state index in [9.17, 15) is 9.18 Å². The van der Waals surface area contributed by atoms with Crippen LogP contribution < -0.4 is 10.6 Å². The standard InChI is InChI=1S/C16H16FN3O/c1-18-15-14(8-12(17)9-19-15)16(21)20-13-6-5-10-3-2-4-11(10)7-13/h5-9H,2-4H2,1H3,(H,18,19)(H,20,21). The molecule has 0 radical (unpaired) electrons. The van der Waals surface area contributed by atoms with Crippen molar-refractivity contribution in [3.63, 3.8) is 0 Å². The van der Waals surface area contributed by atoms with Crippen molar-refractivity contribution in [2.75, 3.05) is 17.7 Å². The summed E-state index contributed by atoms with van der Waals surface area (Å²) in [5.41, 5.74) is 3.54. The van der Waals surface area contributed by atoms with Crippen LogP contribution in [-0.4, -0.2) is 17.9 Å². The number of pyridine rings is 1. The molecule has 1 aliphatic rings. The Kier molecular flexibility index (Phi) is 3.56. The van der Waals surface area contributed by atoms with Crippen LogP contribution in [0.3, 0.4) is 0 Å². The molecule has 1 aromatic carbocycles. The molecule has 0 atom stereocenters. The third-order valence-corrected chi connectivity index (χ3v) is 3.69. The molecule has 0 saturated heterocycles. The number of nitrogens with one attached hydrogen (secondary N) is 2. The number of hydrogen-bond acceptors (Lipinski definition) is 3. The van der Waals surface area contributed by atoms with Crippen molar-refractivity contribution in [2.45, 2.75) is 19.3 Å². The summed E-state index contributed by atoms with van der Waals surface area (Å²) in [5.74, 6) is -0.549. The van der Waals surface area contributed by atoms with Gasteiger partial charge in [0.1, 0.15) is 11.6 Å². The molecule has 1 heterocycles. The number of aryl methyl sites for hydroxylation is 2. The van der Waals surface area contributed by atoms with Gasteiger partial charge in [-0.1, -0.05) is 6.07 Å². The predicted molar refractivity (Wildman–Crippen MR) is 80.2 cm³/mol. The van der Waals surface area contributed by atoms with Crippen molar-refractivity contribution < 1.29 is 9.18 Å². The fourth-order valence-corrected chi connectivity index (χ4v) is 2.66. The van der Waals surface area contributed by atoms with Gasteiger partial charge in [-0.15, -0.1) is 0 Å². The fraction of sp³-hybridized carbons (Fsp3) is 0.250. The molecule has 1 amide bonds. The molecule has 5 heteroatoms. The third kappa shape index (κ3) is 2.72. The summed E-state index contributed by atoms with van der Waals surface area (Å²) in [4.78, 5) is 16.2. The maximum atomic E-state index is 13.3. The van der Waals surface area contributed by atoms with Crippen LogP contribution in [0.2, 0.25) is 0 Å². The highest BCUT2D eigenvalue weighted by molar-refractivity contribution is 6.07. The highest BCUT2D eigenvalue weighted by Gasteiger charge is 2.15. The van der Waals surface area contributed by atoms with Crippen LogP contribution >= 0.6 is 0 Å². The summed E-state index contributed by atoms with van der Waals surface area (Å²) in [6.45, 7) is 0. The van der Waals surface area contributed by atoms with E-state index >= 15 is 0 Å².